The van der Waals surface area contributed by atoms with Crippen molar-refractivity contribution in [2.75, 3.05) is 26.7 Å². The molecular formula is C25H29N3O2. The number of nitrogens with zero attached hydrogens (tertiary/aromatic N) is 2. The van der Waals surface area contributed by atoms with Crippen LogP contribution in [0.4, 0.5) is 0 Å². The number of likely N-dealkylation sites (tertiary alicyclic amines) is 1. The first-order valence-electron chi connectivity index (χ1n) is 10.6. The Hall–Kier alpha value is -2.92. The number of likely N-dealkylation sites (N-methyl/N-ethyl adjacent to an activating group) is 1. The fraction of sp³-hybridized carbons (Fsp3) is 0.360. The van der Waals surface area contributed by atoms with E-state index in [4.69, 9.17) is 0 Å². The number of hydrogen-bond donors (Lipinski definition) is 1. The van der Waals surface area contributed by atoms with Gasteiger partial charge in [0.2, 0.25) is 11.5 Å². The van der Waals surface area contributed by atoms with Gasteiger partial charge in [0.05, 0.1) is 12.5 Å². The van der Waals surface area contributed by atoms with Crippen LogP contribution >= 0.6 is 0 Å². The summed E-state index contributed by atoms with van der Waals surface area (Å²) in [5.41, 5.74) is 2.79. The van der Waals surface area contributed by atoms with E-state index in [0.717, 1.165) is 36.1 Å². The van der Waals surface area contributed by atoms with E-state index in [1.54, 1.807) is 6.07 Å². The van der Waals surface area contributed by atoms with Gasteiger partial charge in [-0.3, -0.25) is 9.59 Å². The van der Waals surface area contributed by atoms with Crippen LogP contribution in [0, 0.1) is 5.92 Å². The first kappa shape index (κ1) is 20.4. The van der Waals surface area contributed by atoms with Gasteiger partial charge in [-0.2, -0.15) is 0 Å². The molecule has 2 atom stereocenters. The van der Waals surface area contributed by atoms with Crippen LogP contribution in [0.3, 0.4) is 0 Å². The molecule has 0 saturated carbocycles. The Bertz CT molecular complexity index is 1080. The predicted molar refractivity (Wildman–Crippen MR) is 120 cm³/mol. The molecule has 2 aromatic carbocycles. The van der Waals surface area contributed by atoms with Crippen molar-refractivity contribution in [1.82, 2.24) is 14.8 Å². The van der Waals surface area contributed by atoms with Crippen molar-refractivity contribution >= 4 is 16.8 Å². The zero-order chi connectivity index (χ0) is 21.1. The van der Waals surface area contributed by atoms with Crippen LogP contribution in [0.2, 0.25) is 0 Å². The largest absolute Gasteiger partial charge is 0.337 e. The van der Waals surface area contributed by atoms with E-state index in [-0.39, 0.29) is 17.5 Å². The zero-order valence-electron chi connectivity index (χ0n) is 17.7. The number of benzene rings is 2. The number of amides is 1. The molecule has 1 fully saturated rings. The Labute approximate surface area is 177 Å². The molecule has 5 heteroatoms. The average Bonchev–Trinajstić information content (AvgIpc) is 3.17. The lowest BCUT2D eigenvalue weighted by molar-refractivity contribution is -0.131. The van der Waals surface area contributed by atoms with Gasteiger partial charge in [0.1, 0.15) is 0 Å². The van der Waals surface area contributed by atoms with Crippen molar-refractivity contribution in [2.45, 2.75) is 25.8 Å². The number of hydrogen-bond acceptors (Lipinski definition) is 3. The number of fused-ring (bicyclic) bond motifs is 1. The Morgan fingerprint density at radius 1 is 1.17 bits per heavy atom. The van der Waals surface area contributed by atoms with E-state index in [1.165, 1.54) is 18.1 Å². The fourth-order valence-corrected chi connectivity index (χ4v) is 4.35. The standard InChI is InChI=1S/C25H29N3O2/c1-18-12-13-28(16-18)17-23(20-6-4-3-5-7-20)27(2)25(30)15-19-8-10-22-21(14-19)9-11-24(29)26-22/h3-11,14,18,23H,12-13,15-17H2,1-2H3,(H,26,29)/t18-,23+/m0/s1. The summed E-state index contributed by atoms with van der Waals surface area (Å²) in [7, 11) is 1.91. The van der Waals surface area contributed by atoms with Crippen LogP contribution in [0.15, 0.2) is 65.5 Å². The highest BCUT2D eigenvalue weighted by Crippen LogP contribution is 2.25. The number of H-pyrrole nitrogens is 1. The average molecular weight is 404 g/mol. The Balaban J connectivity index is 1.53. The summed E-state index contributed by atoms with van der Waals surface area (Å²) in [4.78, 5) is 31.9. The zero-order valence-corrected chi connectivity index (χ0v) is 17.7. The molecule has 1 saturated heterocycles. The molecule has 0 unspecified atom stereocenters. The highest BCUT2D eigenvalue weighted by Gasteiger charge is 2.27. The summed E-state index contributed by atoms with van der Waals surface area (Å²) in [5.74, 6) is 0.811. The number of pyridine rings is 1. The molecule has 4 rings (SSSR count). The number of carbonyl (C=O) groups is 1. The van der Waals surface area contributed by atoms with Crippen molar-refractivity contribution in [3.63, 3.8) is 0 Å². The second kappa shape index (κ2) is 8.84. The Kier molecular flexibility index (Phi) is 6.00. The highest BCUT2D eigenvalue weighted by molar-refractivity contribution is 5.83. The lowest BCUT2D eigenvalue weighted by Crippen LogP contribution is -2.39. The molecule has 1 amide bonds. The van der Waals surface area contributed by atoms with E-state index in [1.807, 2.05) is 48.3 Å². The minimum atomic E-state index is -0.118. The van der Waals surface area contributed by atoms with Gasteiger partial charge in [-0.25, -0.2) is 0 Å². The van der Waals surface area contributed by atoms with Crippen molar-refractivity contribution in [1.29, 1.82) is 0 Å². The molecule has 3 aromatic rings. The number of aromatic nitrogens is 1. The second-order valence-electron chi connectivity index (χ2n) is 8.51. The third-order valence-corrected chi connectivity index (χ3v) is 6.13. The Morgan fingerprint density at radius 2 is 1.97 bits per heavy atom. The minimum absolute atomic E-state index is 0.0285. The maximum absolute atomic E-state index is 13.2. The number of carbonyl (C=O) groups excluding carboxylic acids is 1. The molecule has 2 heterocycles. The molecule has 0 radical (unpaired) electrons. The molecule has 0 aliphatic carbocycles. The van der Waals surface area contributed by atoms with E-state index in [0.29, 0.717) is 12.3 Å². The molecule has 0 bridgehead atoms. The monoisotopic (exact) mass is 403 g/mol. The Morgan fingerprint density at radius 3 is 2.70 bits per heavy atom. The summed E-state index contributed by atoms with van der Waals surface area (Å²) in [5, 5.41) is 0.938. The third-order valence-electron chi connectivity index (χ3n) is 6.13. The quantitative estimate of drug-likeness (QED) is 0.684. The normalized spacial score (nSPS) is 17.9. The van der Waals surface area contributed by atoms with Crippen LogP contribution < -0.4 is 5.56 Å². The summed E-state index contributed by atoms with van der Waals surface area (Å²) >= 11 is 0. The molecule has 1 aliphatic rings. The van der Waals surface area contributed by atoms with Crippen molar-refractivity contribution in [3.05, 3.63) is 82.1 Å². The lowest BCUT2D eigenvalue weighted by atomic mass is 10.0. The first-order chi connectivity index (χ1) is 14.5. The maximum atomic E-state index is 13.2. The number of aromatic amines is 1. The third kappa shape index (κ3) is 4.62. The molecule has 1 N–H and O–H groups in total. The number of nitrogens with one attached hydrogen (secondary N) is 1. The van der Waals surface area contributed by atoms with Crippen molar-refractivity contribution in [3.8, 4) is 0 Å². The van der Waals surface area contributed by atoms with Crippen LogP contribution in [-0.4, -0.2) is 47.4 Å². The van der Waals surface area contributed by atoms with Gasteiger partial charge in [-0.05, 0) is 53.6 Å². The molecule has 0 spiro atoms. The van der Waals surface area contributed by atoms with E-state index in [2.05, 4.69) is 28.9 Å². The smallest absolute Gasteiger partial charge is 0.248 e. The van der Waals surface area contributed by atoms with Gasteiger partial charge in [0.25, 0.3) is 0 Å². The van der Waals surface area contributed by atoms with Crippen LogP contribution in [0.25, 0.3) is 10.9 Å². The lowest BCUT2D eigenvalue weighted by Gasteiger charge is -2.32. The number of rotatable bonds is 6. The molecule has 5 nitrogen and oxygen atoms in total. The summed E-state index contributed by atoms with van der Waals surface area (Å²) in [6.07, 6.45) is 1.56. The molecule has 30 heavy (non-hydrogen) atoms. The van der Waals surface area contributed by atoms with E-state index >= 15 is 0 Å². The molecule has 1 aromatic heterocycles. The summed E-state index contributed by atoms with van der Waals surface area (Å²) < 4.78 is 0. The van der Waals surface area contributed by atoms with Gasteiger partial charge in [-0.1, -0.05) is 43.3 Å². The second-order valence-corrected chi connectivity index (χ2v) is 8.51. The van der Waals surface area contributed by atoms with Crippen LogP contribution in [0.5, 0.6) is 0 Å². The predicted octanol–water partition coefficient (Wildman–Crippen LogP) is 3.61. The van der Waals surface area contributed by atoms with Gasteiger partial charge < -0.3 is 14.8 Å². The topological polar surface area (TPSA) is 56.4 Å². The minimum Gasteiger partial charge on any atom is -0.337 e. The van der Waals surface area contributed by atoms with Gasteiger partial charge in [0.15, 0.2) is 0 Å². The highest BCUT2D eigenvalue weighted by atomic mass is 16.2. The molecule has 1 aliphatic heterocycles. The van der Waals surface area contributed by atoms with Gasteiger partial charge in [0, 0.05) is 31.7 Å². The first-order valence-corrected chi connectivity index (χ1v) is 10.6. The van der Waals surface area contributed by atoms with Gasteiger partial charge >= 0.3 is 0 Å². The van der Waals surface area contributed by atoms with E-state index < -0.39 is 0 Å². The van der Waals surface area contributed by atoms with Gasteiger partial charge in [-0.15, -0.1) is 0 Å². The fourth-order valence-electron chi connectivity index (χ4n) is 4.35. The van der Waals surface area contributed by atoms with Crippen molar-refractivity contribution in [2.24, 2.45) is 5.92 Å². The SMILES string of the molecule is C[C@H]1CCN(C[C@H](c2ccccc2)N(C)C(=O)Cc2ccc3[nH]c(=O)ccc3c2)C1. The molecular weight excluding hydrogens is 374 g/mol. The summed E-state index contributed by atoms with van der Waals surface area (Å²) in [6.45, 7) is 5.33. The van der Waals surface area contributed by atoms with Crippen molar-refractivity contribution < 1.29 is 4.79 Å². The molecule has 156 valence electrons. The van der Waals surface area contributed by atoms with Crippen LogP contribution in [-0.2, 0) is 11.2 Å². The maximum Gasteiger partial charge on any atom is 0.248 e. The van der Waals surface area contributed by atoms with E-state index in [9.17, 15) is 9.59 Å². The van der Waals surface area contributed by atoms with Crippen LogP contribution in [0.1, 0.15) is 30.5 Å². The summed E-state index contributed by atoms with van der Waals surface area (Å²) in [6, 6.07) is 19.4.